The average Bonchev–Trinajstić information content (AvgIpc) is 2.86. The quantitative estimate of drug-likeness (QED) is 0.920. The summed E-state index contributed by atoms with van der Waals surface area (Å²) in [5, 5.41) is 0.425. The van der Waals surface area contributed by atoms with Gasteiger partial charge < -0.3 is 5.73 Å². The molecule has 0 aliphatic carbocycles. The molecule has 1 aliphatic heterocycles. The molecule has 4 heteroatoms. The van der Waals surface area contributed by atoms with Crippen LogP contribution in [0.3, 0.4) is 0 Å². The summed E-state index contributed by atoms with van der Waals surface area (Å²) >= 11 is 5.77. The van der Waals surface area contributed by atoms with Gasteiger partial charge in [-0.3, -0.25) is 4.90 Å². The number of hydrogen-bond donors (Lipinski definition) is 1. The number of hydrogen-bond acceptors (Lipinski definition) is 2. The Labute approximate surface area is 119 Å². The van der Waals surface area contributed by atoms with E-state index in [9.17, 15) is 4.39 Å². The number of rotatable bonds is 4. The van der Waals surface area contributed by atoms with Gasteiger partial charge in [-0.2, -0.15) is 0 Å². The Balaban J connectivity index is 2.09. The Morgan fingerprint density at radius 3 is 2.58 bits per heavy atom. The summed E-state index contributed by atoms with van der Waals surface area (Å²) in [6, 6.07) is 4.71. The molecule has 0 aromatic heterocycles. The van der Waals surface area contributed by atoms with E-state index in [4.69, 9.17) is 17.3 Å². The van der Waals surface area contributed by atoms with Gasteiger partial charge in [-0.1, -0.05) is 17.7 Å². The van der Waals surface area contributed by atoms with Crippen molar-refractivity contribution < 1.29 is 4.39 Å². The minimum absolute atomic E-state index is 0.0960. The first-order chi connectivity index (χ1) is 8.91. The number of likely N-dealkylation sites (tertiary alicyclic amines) is 1. The molecule has 19 heavy (non-hydrogen) atoms. The molecule has 1 aromatic carbocycles. The van der Waals surface area contributed by atoms with Crippen LogP contribution in [-0.2, 0) is 6.42 Å². The van der Waals surface area contributed by atoms with Crippen LogP contribution in [0.1, 0.15) is 32.3 Å². The van der Waals surface area contributed by atoms with Crippen LogP contribution < -0.4 is 5.73 Å². The van der Waals surface area contributed by atoms with Crippen LogP contribution in [0.15, 0.2) is 18.2 Å². The molecule has 1 aliphatic rings. The van der Waals surface area contributed by atoms with Crippen LogP contribution in [-0.4, -0.2) is 29.6 Å². The van der Waals surface area contributed by atoms with E-state index >= 15 is 0 Å². The van der Waals surface area contributed by atoms with E-state index in [1.807, 2.05) is 0 Å². The molecular formula is C15H22ClFN2. The highest BCUT2D eigenvalue weighted by molar-refractivity contribution is 6.30. The van der Waals surface area contributed by atoms with Crippen molar-refractivity contribution in [1.82, 2.24) is 4.90 Å². The average molecular weight is 285 g/mol. The Bertz CT molecular complexity index is 442. The van der Waals surface area contributed by atoms with E-state index in [2.05, 4.69) is 18.7 Å². The number of halogens is 2. The van der Waals surface area contributed by atoms with Crippen molar-refractivity contribution in [2.24, 2.45) is 5.73 Å². The molecule has 0 spiro atoms. The topological polar surface area (TPSA) is 29.3 Å². The third-order valence-corrected chi connectivity index (χ3v) is 4.52. The summed E-state index contributed by atoms with van der Waals surface area (Å²) in [6.07, 6.45) is 2.99. The first-order valence-corrected chi connectivity index (χ1v) is 7.23. The standard InChI is InChI=1S/C15H22ClFN2/c1-15(2,19-7-3-4-8-19)14(18)9-11-5-6-12(16)10-13(11)17/h5-6,10,14H,3-4,7-9,18H2,1-2H3. The van der Waals surface area contributed by atoms with Gasteiger partial charge in [-0.15, -0.1) is 0 Å². The predicted octanol–water partition coefficient (Wildman–Crippen LogP) is 3.22. The van der Waals surface area contributed by atoms with Gasteiger partial charge in [0.25, 0.3) is 0 Å². The van der Waals surface area contributed by atoms with Crippen molar-refractivity contribution in [3.05, 3.63) is 34.6 Å². The van der Waals surface area contributed by atoms with Crippen LogP contribution in [0.5, 0.6) is 0 Å². The van der Waals surface area contributed by atoms with Crippen molar-refractivity contribution in [3.63, 3.8) is 0 Å². The minimum Gasteiger partial charge on any atom is -0.326 e. The van der Waals surface area contributed by atoms with Crippen molar-refractivity contribution in [1.29, 1.82) is 0 Å². The summed E-state index contributed by atoms with van der Waals surface area (Å²) in [4.78, 5) is 2.41. The van der Waals surface area contributed by atoms with E-state index in [1.165, 1.54) is 18.9 Å². The lowest BCUT2D eigenvalue weighted by Crippen LogP contribution is -2.56. The zero-order valence-electron chi connectivity index (χ0n) is 11.6. The largest absolute Gasteiger partial charge is 0.326 e. The summed E-state index contributed by atoms with van der Waals surface area (Å²) < 4.78 is 13.8. The molecule has 0 amide bonds. The van der Waals surface area contributed by atoms with Crippen molar-refractivity contribution in [2.75, 3.05) is 13.1 Å². The van der Waals surface area contributed by atoms with Crippen LogP contribution in [0, 0.1) is 5.82 Å². The fourth-order valence-corrected chi connectivity index (χ4v) is 2.86. The molecule has 1 saturated heterocycles. The highest BCUT2D eigenvalue weighted by atomic mass is 35.5. The Kier molecular flexibility index (Phi) is 4.49. The first-order valence-electron chi connectivity index (χ1n) is 6.86. The lowest BCUT2D eigenvalue weighted by molar-refractivity contribution is 0.123. The summed E-state index contributed by atoms with van der Waals surface area (Å²) in [6.45, 7) is 6.47. The second-order valence-corrected chi connectivity index (χ2v) is 6.33. The van der Waals surface area contributed by atoms with E-state index in [1.54, 1.807) is 12.1 Å². The van der Waals surface area contributed by atoms with Gasteiger partial charge in [0.05, 0.1) is 0 Å². The van der Waals surface area contributed by atoms with Gasteiger partial charge >= 0.3 is 0 Å². The predicted molar refractivity (Wildman–Crippen MR) is 78.0 cm³/mol. The van der Waals surface area contributed by atoms with Crippen molar-refractivity contribution in [2.45, 2.75) is 44.7 Å². The van der Waals surface area contributed by atoms with E-state index in [0.29, 0.717) is 17.0 Å². The molecule has 2 N–H and O–H groups in total. The third kappa shape index (κ3) is 3.28. The third-order valence-electron chi connectivity index (χ3n) is 4.28. The fraction of sp³-hybridized carbons (Fsp3) is 0.600. The van der Waals surface area contributed by atoms with Gasteiger partial charge in [0.2, 0.25) is 0 Å². The van der Waals surface area contributed by atoms with E-state index in [-0.39, 0.29) is 17.4 Å². The number of nitrogens with zero attached hydrogens (tertiary/aromatic N) is 1. The van der Waals surface area contributed by atoms with Gasteiger partial charge in [0, 0.05) is 16.6 Å². The maximum Gasteiger partial charge on any atom is 0.127 e. The fourth-order valence-electron chi connectivity index (χ4n) is 2.70. The summed E-state index contributed by atoms with van der Waals surface area (Å²) in [5.74, 6) is -0.264. The Morgan fingerprint density at radius 1 is 1.37 bits per heavy atom. The smallest absolute Gasteiger partial charge is 0.127 e. The van der Waals surface area contributed by atoms with Crippen molar-refractivity contribution in [3.8, 4) is 0 Å². The van der Waals surface area contributed by atoms with Crippen molar-refractivity contribution >= 4 is 11.6 Å². The molecule has 0 saturated carbocycles. The molecule has 1 unspecified atom stereocenters. The monoisotopic (exact) mass is 284 g/mol. The van der Waals surface area contributed by atoms with E-state index in [0.717, 1.165) is 13.1 Å². The second-order valence-electron chi connectivity index (χ2n) is 5.89. The molecule has 1 atom stereocenters. The molecular weight excluding hydrogens is 263 g/mol. The summed E-state index contributed by atoms with van der Waals surface area (Å²) in [5.41, 5.74) is 6.86. The highest BCUT2D eigenvalue weighted by Crippen LogP contribution is 2.26. The molecule has 106 valence electrons. The zero-order chi connectivity index (χ0) is 14.0. The summed E-state index contributed by atoms with van der Waals surface area (Å²) in [7, 11) is 0. The molecule has 1 fully saturated rings. The van der Waals surface area contributed by atoms with Crippen LogP contribution in [0.4, 0.5) is 4.39 Å². The van der Waals surface area contributed by atoms with Crippen LogP contribution in [0.25, 0.3) is 0 Å². The van der Waals surface area contributed by atoms with Gasteiger partial charge in [0.15, 0.2) is 0 Å². The van der Waals surface area contributed by atoms with Crippen LogP contribution >= 0.6 is 11.6 Å². The minimum atomic E-state index is -0.264. The Hall–Kier alpha value is -0.640. The number of nitrogens with two attached hydrogens (primary N) is 1. The highest BCUT2D eigenvalue weighted by Gasteiger charge is 2.34. The van der Waals surface area contributed by atoms with E-state index < -0.39 is 0 Å². The molecule has 2 rings (SSSR count). The lowest BCUT2D eigenvalue weighted by Gasteiger charge is -2.40. The number of benzene rings is 1. The molecule has 0 radical (unpaired) electrons. The second kappa shape index (κ2) is 5.78. The normalized spacial score (nSPS) is 18.8. The molecule has 0 bridgehead atoms. The molecule has 1 aromatic rings. The first kappa shape index (κ1) is 14.8. The van der Waals surface area contributed by atoms with Gasteiger partial charge in [-0.25, -0.2) is 4.39 Å². The van der Waals surface area contributed by atoms with Gasteiger partial charge in [-0.05, 0) is 63.9 Å². The van der Waals surface area contributed by atoms with Gasteiger partial charge in [0.1, 0.15) is 5.82 Å². The van der Waals surface area contributed by atoms with Crippen LogP contribution in [0.2, 0.25) is 5.02 Å². The zero-order valence-corrected chi connectivity index (χ0v) is 12.4. The SMILES string of the molecule is CC(C)(C(N)Cc1ccc(Cl)cc1F)N1CCCC1. The molecule has 2 nitrogen and oxygen atoms in total. The molecule has 1 heterocycles. The maximum atomic E-state index is 13.8. The lowest BCUT2D eigenvalue weighted by atomic mass is 9.88. The maximum absolute atomic E-state index is 13.8. The Morgan fingerprint density at radius 2 is 2.00 bits per heavy atom.